The largest absolute Gasteiger partial charge is 0.385 e. The number of methoxy groups -OCH3 is 1. The van der Waals surface area contributed by atoms with Crippen LogP contribution in [-0.2, 0) is 4.74 Å². The van der Waals surface area contributed by atoms with E-state index in [1.807, 2.05) is 36.4 Å². The molecule has 2 aromatic rings. The van der Waals surface area contributed by atoms with Crippen LogP contribution in [0.4, 0.5) is 5.69 Å². The normalized spacial score (nSPS) is 11.8. The van der Waals surface area contributed by atoms with E-state index in [1.54, 1.807) is 19.5 Å². The first-order valence-corrected chi connectivity index (χ1v) is 8.62. The Labute approximate surface area is 153 Å². The van der Waals surface area contributed by atoms with Gasteiger partial charge in [0.25, 0.3) is 0 Å². The van der Waals surface area contributed by atoms with Gasteiger partial charge in [-0.3, -0.25) is 4.98 Å². The highest BCUT2D eigenvalue weighted by Gasteiger charge is 2.18. The second-order valence-electron chi connectivity index (χ2n) is 5.44. The summed E-state index contributed by atoms with van der Waals surface area (Å²) >= 11 is 11.7. The molecule has 0 aliphatic carbocycles. The van der Waals surface area contributed by atoms with Gasteiger partial charge < -0.3 is 15.0 Å². The molecule has 24 heavy (non-hydrogen) atoms. The highest BCUT2D eigenvalue weighted by atomic mass is 35.5. The third kappa shape index (κ3) is 5.44. The number of benzene rings is 1. The summed E-state index contributed by atoms with van der Waals surface area (Å²) in [7, 11) is 1.71. The van der Waals surface area contributed by atoms with Crippen LogP contribution < -0.4 is 5.32 Å². The first-order chi connectivity index (χ1) is 11.6. The van der Waals surface area contributed by atoms with Crippen LogP contribution in [-0.4, -0.2) is 35.3 Å². The Hall–Kier alpha value is -1.69. The lowest BCUT2D eigenvalue weighted by molar-refractivity contribution is 0.181. The number of thiocarbonyl (C=S) groups is 1. The second-order valence-corrected chi connectivity index (χ2v) is 6.26. The van der Waals surface area contributed by atoms with Crippen LogP contribution in [0.1, 0.15) is 24.9 Å². The average molecular weight is 364 g/mol. The van der Waals surface area contributed by atoms with Crippen molar-refractivity contribution in [3.63, 3.8) is 0 Å². The molecule has 1 aromatic heterocycles. The lowest BCUT2D eigenvalue weighted by Crippen LogP contribution is -2.38. The van der Waals surface area contributed by atoms with Crippen LogP contribution in [0, 0.1) is 0 Å². The molecule has 0 aliphatic heterocycles. The van der Waals surface area contributed by atoms with Crippen molar-refractivity contribution in [2.75, 3.05) is 25.6 Å². The summed E-state index contributed by atoms with van der Waals surface area (Å²) in [6.07, 6.45) is 4.49. The first kappa shape index (κ1) is 18.6. The summed E-state index contributed by atoms with van der Waals surface area (Å²) in [5, 5.41) is 4.62. The van der Waals surface area contributed by atoms with E-state index in [-0.39, 0.29) is 6.04 Å². The fourth-order valence-corrected chi connectivity index (χ4v) is 2.99. The van der Waals surface area contributed by atoms with Gasteiger partial charge >= 0.3 is 0 Å². The monoisotopic (exact) mass is 363 g/mol. The minimum atomic E-state index is 0.129. The van der Waals surface area contributed by atoms with Crippen molar-refractivity contribution in [3.05, 3.63) is 59.4 Å². The number of hydrogen-bond donors (Lipinski definition) is 1. The maximum absolute atomic E-state index is 6.05. The van der Waals surface area contributed by atoms with Crippen molar-refractivity contribution in [3.8, 4) is 0 Å². The predicted octanol–water partition coefficient (Wildman–Crippen LogP) is 4.53. The van der Waals surface area contributed by atoms with Gasteiger partial charge in [-0.2, -0.15) is 0 Å². The molecule has 0 saturated heterocycles. The van der Waals surface area contributed by atoms with Crippen LogP contribution in [0.3, 0.4) is 0 Å². The zero-order chi connectivity index (χ0) is 17.4. The number of pyridine rings is 1. The Morgan fingerprint density at radius 2 is 2.08 bits per heavy atom. The summed E-state index contributed by atoms with van der Waals surface area (Å²) in [6, 6.07) is 11.7. The van der Waals surface area contributed by atoms with Crippen molar-refractivity contribution in [1.29, 1.82) is 0 Å². The first-order valence-electron chi connectivity index (χ1n) is 7.84. The third-order valence-corrected chi connectivity index (χ3v) is 4.31. The molecule has 1 N–H and O–H groups in total. The fraction of sp³-hybridized carbons (Fsp3) is 0.333. The molecule has 1 atom stereocenters. The topological polar surface area (TPSA) is 37.4 Å². The van der Waals surface area contributed by atoms with Gasteiger partial charge in [0.15, 0.2) is 5.11 Å². The molecular formula is C18H22ClN3OS. The highest BCUT2D eigenvalue weighted by molar-refractivity contribution is 7.80. The SMILES string of the molecule is COCCCN(C(=S)Nc1cccc(Cl)c1)[C@H](C)c1ccncc1. The molecule has 128 valence electrons. The number of halogens is 1. The molecule has 4 nitrogen and oxygen atoms in total. The number of hydrogen-bond acceptors (Lipinski definition) is 3. The Morgan fingerprint density at radius 3 is 2.75 bits per heavy atom. The molecule has 0 aliphatic rings. The Kier molecular flexibility index (Phi) is 7.43. The van der Waals surface area contributed by atoms with Crippen molar-refractivity contribution < 1.29 is 4.74 Å². The van der Waals surface area contributed by atoms with E-state index in [4.69, 9.17) is 28.6 Å². The number of rotatable bonds is 7. The number of ether oxygens (including phenoxy) is 1. The summed E-state index contributed by atoms with van der Waals surface area (Å²) in [6.45, 7) is 3.62. The zero-order valence-electron chi connectivity index (χ0n) is 13.9. The zero-order valence-corrected chi connectivity index (χ0v) is 15.5. The molecule has 0 amide bonds. The summed E-state index contributed by atoms with van der Waals surface area (Å²) in [4.78, 5) is 6.24. The molecule has 0 saturated carbocycles. The van der Waals surface area contributed by atoms with Crippen molar-refractivity contribution in [2.24, 2.45) is 0 Å². The van der Waals surface area contributed by atoms with Gasteiger partial charge in [-0.25, -0.2) is 0 Å². The summed E-state index contributed by atoms with van der Waals surface area (Å²) in [5.41, 5.74) is 2.05. The summed E-state index contributed by atoms with van der Waals surface area (Å²) < 4.78 is 5.17. The summed E-state index contributed by atoms with van der Waals surface area (Å²) in [5.74, 6) is 0. The number of anilines is 1. The standard InChI is InChI=1S/C18H22ClN3OS/c1-14(15-7-9-20-10-8-15)22(11-4-12-23-2)18(24)21-17-6-3-5-16(19)13-17/h3,5-10,13-14H,4,11-12H2,1-2H3,(H,21,24)/t14-/m1/s1. The van der Waals surface area contributed by atoms with Crippen LogP contribution in [0.15, 0.2) is 48.8 Å². The maximum Gasteiger partial charge on any atom is 0.173 e. The van der Waals surface area contributed by atoms with Crippen LogP contribution in [0.5, 0.6) is 0 Å². The van der Waals surface area contributed by atoms with Crippen molar-refractivity contribution >= 4 is 34.6 Å². The van der Waals surface area contributed by atoms with E-state index in [0.29, 0.717) is 16.7 Å². The van der Waals surface area contributed by atoms with E-state index in [2.05, 4.69) is 22.1 Å². The van der Waals surface area contributed by atoms with Gasteiger partial charge in [-0.1, -0.05) is 17.7 Å². The quantitative estimate of drug-likeness (QED) is 0.577. The van der Waals surface area contributed by atoms with Gasteiger partial charge in [0.05, 0.1) is 6.04 Å². The number of nitrogens with zero attached hydrogens (tertiary/aromatic N) is 2. The van der Waals surface area contributed by atoms with Crippen LogP contribution in [0.25, 0.3) is 0 Å². The van der Waals surface area contributed by atoms with Crippen LogP contribution >= 0.6 is 23.8 Å². The molecule has 0 radical (unpaired) electrons. The van der Waals surface area contributed by atoms with E-state index in [0.717, 1.165) is 24.2 Å². The number of aromatic nitrogens is 1. The minimum absolute atomic E-state index is 0.129. The molecule has 0 spiro atoms. The van der Waals surface area contributed by atoms with Crippen LogP contribution in [0.2, 0.25) is 5.02 Å². The molecule has 0 unspecified atom stereocenters. The van der Waals surface area contributed by atoms with E-state index in [9.17, 15) is 0 Å². The second kappa shape index (κ2) is 9.57. The molecule has 0 bridgehead atoms. The smallest absolute Gasteiger partial charge is 0.173 e. The van der Waals surface area contributed by atoms with Gasteiger partial charge in [0.1, 0.15) is 0 Å². The van der Waals surface area contributed by atoms with Gasteiger partial charge in [-0.05, 0) is 61.5 Å². The van der Waals surface area contributed by atoms with Gasteiger partial charge in [0, 0.05) is 43.4 Å². The predicted molar refractivity (Wildman–Crippen MR) is 104 cm³/mol. The van der Waals surface area contributed by atoms with Crippen molar-refractivity contribution in [2.45, 2.75) is 19.4 Å². The molecular weight excluding hydrogens is 342 g/mol. The average Bonchev–Trinajstić information content (AvgIpc) is 2.59. The number of nitrogens with one attached hydrogen (secondary N) is 1. The van der Waals surface area contributed by atoms with Gasteiger partial charge in [-0.15, -0.1) is 0 Å². The molecule has 1 aromatic carbocycles. The lowest BCUT2D eigenvalue weighted by atomic mass is 10.1. The molecule has 2 rings (SSSR count). The fourth-order valence-electron chi connectivity index (χ4n) is 2.43. The van der Waals surface area contributed by atoms with Crippen molar-refractivity contribution in [1.82, 2.24) is 9.88 Å². The van der Waals surface area contributed by atoms with E-state index < -0.39 is 0 Å². The highest BCUT2D eigenvalue weighted by Crippen LogP contribution is 2.22. The molecule has 6 heteroatoms. The minimum Gasteiger partial charge on any atom is -0.385 e. The molecule has 0 fully saturated rings. The molecule has 1 heterocycles. The third-order valence-electron chi connectivity index (χ3n) is 3.74. The Bertz CT molecular complexity index is 654. The maximum atomic E-state index is 6.05. The van der Waals surface area contributed by atoms with Gasteiger partial charge in [0.2, 0.25) is 0 Å². The Balaban J connectivity index is 2.13. The van der Waals surface area contributed by atoms with E-state index in [1.165, 1.54) is 0 Å². The lowest BCUT2D eigenvalue weighted by Gasteiger charge is -2.32. The Morgan fingerprint density at radius 1 is 1.33 bits per heavy atom. The van der Waals surface area contributed by atoms with E-state index >= 15 is 0 Å².